The van der Waals surface area contributed by atoms with Gasteiger partial charge in [0.2, 0.25) is 0 Å². The van der Waals surface area contributed by atoms with Gasteiger partial charge in [0.25, 0.3) is 0 Å². The van der Waals surface area contributed by atoms with Crippen LogP contribution in [0.25, 0.3) is 0 Å². The molecule has 1 heteroatoms. The van der Waals surface area contributed by atoms with Crippen molar-refractivity contribution in [2.45, 2.75) is 149 Å². The topological polar surface area (TPSA) is 12.0 Å². The molecule has 0 bridgehead atoms. The van der Waals surface area contributed by atoms with E-state index in [2.05, 4.69) is 19.2 Å². The molecule has 0 spiro atoms. The molecule has 1 N–H and O–H groups in total. The molecule has 0 saturated carbocycles. The summed E-state index contributed by atoms with van der Waals surface area (Å²) in [4.78, 5) is 0. The van der Waals surface area contributed by atoms with Crippen LogP contribution < -0.4 is 5.32 Å². The maximum Gasteiger partial charge on any atom is -0.00436 e. The fraction of sp³-hybridized carbons (Fsp3) is 1.00. The fourth-order valence-electron chi connectivity index (χ4n) is 5.08. The molecule has 0 radical (unpaired) electrons. The molecule has 0 amide bonds. The normalized spacial score (nSPS) is 17.1. The Hall–Kier alpha value is -0.0400. The minimum Gasteiger partial charge on any atom is -0.317 e. The van der Waals surface area contributed by atoms with Gasteiger partial charge in [-0.25, -0.2) is 0 Å². The monoisotopic (exact) mass is 379 g/mol. The molecule has 0 aliphatic carbocycles. The summed E-state index contributed by atoms with van der Waals surface area (Å²) in [7, 11) is 0. The van der Waals surface area contributed by atoms with Gasteiger partial charge in [-0.15, -0.1) is 0 Å². The molecular formula is C26H53N. The Bertz CT molecular complexity index is 269. The van der Waals surface area contributed by atoms with E-state index in [1.54, 1.807) is 0 Å². The molecule has 1 nitrogen and oxygen atoms in total. The molecule has 1 fully saturated rings. The van der Waals surface area contributed by atoms with Gasteiger partial charge < -0.3 is 5.32 Å². The van der Waals surface area contributed by atoms with E-state index < -0.39 is 0 Å². The molecule has 1 rings (SSSR count). The van der Waals surface area contributed by atoms with Crippen LogP contribution in [0.4, 0.5) is 0 Å². The predicted octanol–water partition coefficient (Wildman–Crippen LogP) is 8.81. The van der Waals surface area contributed by atoms with Crippen molar-refractivity contribution in [1.82, 2.24) is 5.32 Å². The first kappa shape index (κ1) is 25.0. The highest BCUT2D eigenvalue weighted by Crippen LogP contribution is 2.40. The standard InChI is InChI=1S/C26H53N/c1-3-5-7-9-11-13-15-17-20-26(22-19-24-27-25-23-26)21-18-16-14-12-10-8-6-4-2/h27H,3-25H2,1-2H3. The van der Waals surface area contributed by atoms with Crippen LogP contribution in [0.3, 0.4) is 0 Å². The molecule has 0 atom stereocenters. The van der Waals surface area contributed by atoms with E-state index >= 15 is 0 Å². The lowest BCUT2D eigenvalue weighted by molar-refractivity contribution is 0.194. The summed E-state index contributed by atoms with van der Waals surface area (Å²) in [5.41, 5.74) is 0.688. The molecule has 1 aliphatic rings. The zero-order chi connectivity index (χ0) is 19.5. The van der Waals surface area contributed by atoms with Crippen LogP contribution in [0, 0.1) is 5.41 Å². The highest BCUT2D eigenvalue weighted by molar-refractivity contribution is 4.83. The van der Waals surface area contributed by atoms with Gasteiger partial charge in [-0.05, 0) is 50.6 Å². The third-order valence-electron chi connectivity index (χ3n) is 7.01. The summed E-state index contributed by atoms with van der Waals surface area (Å²) >= 11 is 0. The SMILES string of the molecule is CCCCCCCCCCC1(CCCCCCCCCC)CCCNCC1. The van der Waals surface area contributed by atoms with Gasteiger partial charge in [-0.3, -0.25) is 0 Å². The van der Waals surface area contributed by atoms with Gasteiger partial charge in [0.15, 0.2) is 0 Å². The summed E-state index contributed by atoms with van der Waals surface area (Å²) in [6.07, 6.45) is 30.7. The molecule has 162 valence electrons. The Labute approximate surface area is 172 Å². The lowest BCUT2D eigenvalue weighted by Crippen LogP contribution is -2.23. The first-order chi connectivity index (χ1) is 13.3. The molecular weight excluding hydrogens is 326 g/mol. The fourth-order valence-corrected chi connectivity index (χ4v) is 5.08. The van der Waals surface area contributed by atoms with Crippen molar-refractivity contribution < 1.29 is 0 Å². The van der Waals surface area contributed by atoms with Gasteiger partial charge >= 0.3 is 0 Å². The van der Waals surface area contributed by atoms with Crippen LogP contribution in [0.5, 0.6) is 0 Å². The van der Waals surface area contributed by atoms with Crippen molar-refractivity contribution in [3.05, 3.63) is 0 Å². The first-order valence-corrected chi connectivity index (χ1v) is 13.0. The highest BCUT2D eigenvalue weighted by Gasteiger charge is 2.29. The van der Waals surface area contributed by atoms with Crippen LogP contribution in [0.1, 0.15) is 149 Å². The van der Waals surface area contributed by atoms with E-state index in [4.69, 9.17) is 0 Å². The molecule has 0 aromatic heterocycles. The quantitative estimate of drug-likeness (QED) is 0.234. The number of hydrogen-bond acceptors (Lipinski definition) is 1. The largest absolute Gasteiger partial charge is 0.317 e. The predicted molar refractivity (Wildman–Crippen MR) is 124 cm³/mol. The average molecular weight is 380 g/mol. The van der Waals surface area contributed by atoms with Crippen LogP contribution in [0.2, 0.25) is 0 Å². The lowest BCUT2D eigenvalue weighted by Gasteiger charge is -2.33. The third-order valence-corrected chi connectivity index (χ3v) is 7.01. The molecule has 0 aromatic rings. The molecule has 0 unspecified atom stereocenters. The van der Waals surface area contributed by atoms with Crippen LogP contribution in [-0.4, -0.2) is 13.1 Å². The smallest absolute Gasteiger partial charge is 0.00436 e. The zero-order valence-electron chi connectivity index (χ0n) is 19.3. The minimum atomic E-state index is 0.688. The Morgan fingerprint density at radius 3 is 1.44 bits per heavy atom. The number of rotatable bonds is 18. The molecule has 1 saturated heterocycles. The summed E-state index contributed by atoms with van der Waals surface area (Å²) in [6, 6.07) is 0. The zero-order valence-corrected chi connectivity index (χ0v) is 19.3. The summed E-state index contributed by atoms with van der Waals surface area (Å²) in [6.45, 7) is 7.16. The second-order valence-electron chi connectivity index (χ2n) is 9.55. The van der Waals surface area contributed by atoms with E-state index in [-0.39, 0.29) is 0 Å². The van der Waals surface area contributed by atoms with Gasteiger partial charge in [0.05, 0.1) is 0 Å². The van der Waals surface area contributed by atoms with E-state index in [1.165, 1.54) is 148 Å². The molecule has 0 aromatic carbocycles. The summed E-state index contributed by atoms with van der Waals surface area (Å²) in [5.74, 6) is 0. The van der Waals surface area contributed by atoms with E-state index in [0.717, 1.165) is 0 Å². The minimum absolute atomic E-state index is 0.688. The van der Waals surface area contributed by atoms with E-state index in [1.807, 2.05) is 0 Å². The van der Waals surface area contributed by atoms with Gasteiger partial charge in [0, 0.05) is 0 Å². The Balaban J connectivity index is 2.16. The maximum absolute atomic E-state index is 3.66. The summed E-state index contributed by atoms with van der Waals surface area (Å²) < 4.78 is 0. The van der Waals surface area contributed by atoms with Gasteiger partial charge in [-0.1, -0.05) is 117 Å². The van der Waals surface area contributed by atoms with Gasteiger partial charge in [-0.2, -0.15) is 0 Å². The van der Waals surface area contributed by atoms with Crippen molar-refractivity contribution in [1.29, 1.82) is 0 Å². The van der Waals surface area contributed by atoms with Crippen molar-refractivity contribution >= 4 is 0 Å². The second-order valence-corrected chi connectivity index (χ2v) is 9.55. The van der Waals surface area contributed by atoms with Crippen molar-refractivity contribution in [2.75, 3.05) is 13.1 Å². The Kier molecular flexibility index (Phi) is 16.7. The van der Waals surface area contributed by atoms with Gasteiger partial charge in [0.1, 0.15) is 0 Å². The van der Waals surface area contributed by atoms with Crippen molar-refractivity contribution in [3.63, 3.8) is 0 Å². The third kappa shape index (κ3) is 13.7. The highest BCUT2D eigenvalue weighted by atomic mass is 14.9. The van der Waals surface area contributed by atoms with E-state index in [9.17, 15) is 0 Å². The second kappa shape index (κ2) is 18.0. The number of hydrogen-bond donors (Lipinski definition) is 1. The van der Waals surface area contributed by atoms with Crippen molar-refractivity contribution in [2.24, 2.45) is 5.41 Å². The van der Waals surface area contributed by atoms with Crippen LogP contribution in [0.15, 0.2) is 0 Å². The number of nitrogens with one attached hydrogen (secondary N) is 1. The Morgan fingerprint density at radius 1 is 0.519 bits per heavy atom. The molecule has 1 aliphatic heterocycles. The maximum atomic E-state index is 3.66. The number of unbranched alkanes of at least 4 members (excludes halogenated alkanes) is 14. The Morgan fingerprint density at radius 2 is 0.963 bits per heavy atom. The van der Waals surface area contributed by atoms with E-state index in [0.29, 0.717) is 5.41 Å². The van der Waals surface area contributed by atoms with Crippen LogP contribution in [-0.2, 0) is 0 Å². The van der Waals surface area contributed by atoms with Crippen LogP contribution >= 0.6 is 0 Å². The average Bonchev–Trinajstić information content (AvgIpc) is 2.92. The molecule has 27 heavy (non-hydrogen) atoms. The lowest BCUT2D eigenvalue weighted by atomic mass is 9.72. The summed E-state index contributed by atoms with van der Waals surface area (Å²) in [5, 5.41) is 3.66. The first-order valence-electron chi connectivity index (χ1n) is 13.0. The molecule has 1 heterocycles. The van der Waals surface area contributed by atoms with Crippen molar-refractivity contribution in [3.8, 4) is 0 Å².